The molecule has 6 heteroatoms. The van der Waals surface area contributed by atoms with E-state index in [1.807, 2.05) is 6.92 Å². The summed E-state index contributed by atoms with van der Waals surface area (Å²) in [6.45, 7) is 8.49. The largest absolute Gasteiger partial charge is 0.464 e. The van der Waals surface area contributed by atoms with Crippen molar-refractivity contribution < 1.29 is 19.4 Å². The van der Waals surface area contributed by atoms with Gasteiger partial charge >= 0.3 is 12.0 Å². The first-order valence-electron chi connectivity index (χ1n) is 6.44. The third kappa shape index (κ3) is 9.07. The molecule has 2 amide bonds. The molecule has 0 atom stereocenters. The van der Waals surface area contributed by atoms with E-state index in [0.29, 0.717) is 19.4 Å². The van der Waals surface area contributed by atoms with Gasteiger partial charge in [0.25, 0.3) is 0 Å². The molecule has 0 aromatic rings. The van der Waals surface area contributed by atoms with E-state index in [1.54, 1.807) is 6.92 Å². The number of hydrogen-bond acceptors (Lipinski definition) is 4. The Morgan fingerprint density at radius 1 is 1.37 bits per heavy atom. The van der Waals surface area contributed by atoms with Crippen LogP contribution in [0.5, 0.6) is 0 Å². The maximum Gasteiger partial charge on any atom is 0.317 e. The molecule has 110 valence electrons. The van der Waals surface area contributed by atoms with Crippen molar-refractivity contribution in [3.63, 3.8) is 0 Å². The fourth-order valence-corrected chi connectivity index (χ4v) is 1.30. The fraction of sp³-hybridized carbons (Fsp3) is 0.692. The molecular formula is C13H24N2O4. The third-order valence-corrected chi connectivity index (χ3v) is 2.40. The van der Waals surface area contributed by atoms with Gasteiger partial charge in [-0.15, -0.1) is 6.58 Å². The second kappa shape index (κ2) is 10.4. The third-order valence-electron chi connectivity index (χ3n) is 2.40. The van der Waals surface area contributed by atoms with Gasteiger partial charge in [0, 0.05) is 19.5 Å². The number of esters is 1. The van der Waals surface area contributed by atoms with Crippen LogP contribution in [0.25, 0.3) is 0 Å². The zero-order valence-electron chi connectivity index (χ0n) is 11.8. The zero-order chi connectivity index (χ0) is 14.7. The smallest absolute Gasteiger partial charge is 0.317 e. The highest BCUT2D eigenvalue weighted by atomic mass is 16.5. The highest BCUT2D eigenvalue weighted by Crippen LogP contribution is 1.99. The fourth-order valence-electron chi connectivity index (χ4n) is 1.30. The van der Waals surface area contributed by atoms with Crippen LogP contribution in [0.4, 0.5) is 4.79 Å². The Balaban J connectivity index is 3.96. The number of aliphatic hydroxyl groups is 1. The summed E-state index contributed by atoms with van der Waals surface area (Å²) in [6, 6.07) is -0.275. The summed E-state index contributed by atoms with van der Waals surface area (Å²) in [5.74, 6) is -0.288. The van der Waals surface area contributed by atoms with E-state index in [4.69, 9.17) is 9.84 Å². The molecule has 2 N–H and O–H groups in total. The molecule has 0 aliphatic carbocycles. The lowest BCUT2D eigenvalue weighted by atomic mass is 10.2. The zero-order valence-corrected chi connectivity index (χ0v) is 11.8. The van der Waals surface area contributed by atoms with Crippen LogP contribution in [0.2, 0.25) is 0 Å². The lowest BCUT2D eigenvalue weighted by Crippen LogP contribution is -2.43. The van der Waals surface area contributed by atoms with E-state index in [-0.39, 0.29) is 38.3 Å². The van der Waals surface area contributed by atoms with Crippen LogP contribution < -0.4 is 5.32 Å². The number of amides is 2. The molecule has 6 nitrogen and oxygen atoms in total. The first kappa shape index (κ1) is 17.4. The van der Waals surface area contributed by atoms with E-state index >= 15 is 0 Å². The number of hydrogen-bond donors (Lipinski definition) is 2. The summed E-state index contributed by atoms with van der Waals surface area (Å²) in [6.07, 6.45) is 1.02. The van der Waals surface area contributed by atoms with Crippen molar-refractivity contribution in [2.24, 2.45) is 0 Å². The Labute approximate surface area is 114 Å². The molecule has 0 fully saturated rings. The van der Waals surface area contributed by atoms with Gasteiger partial charge in [-0.3, -0.25) is 4.79 Å². The SMILES string of the molecule is C=C(C)CCN(CCO)C(=O)NCCOC(=O)CC. The average Bonchev–Trinajstić information content (AvgIpc) is 2.38. The molecule has 0 aromatic heterocycles. The van der Waals surface area contributed by atoms with Crippen LogP contribution in [-0.2, 0) is 9.53 Å². The first-order chi connectivity index (χ1) is 9.01. The number of carbonyl (C=O) groups excluding carboxylic acids is 2. The van der Waals surface area contributed by atoms with Gasteiger partial charge in [-0.2, -0.15) is 0 Å². The summed E-state index contributed by atoms with van der Waals surface area (Å²) in [4.78, 5) is 24.2. The van der Waals surface area contributed by atoms with Gasteiger partial charge in [0.1, 0.15) is 6.61 Å². The maximum atomic E-state index is 11.8. The van der Waals surface area contributed by atoms with E-state index in [9.17, 15) is 9.59 Å². The normalized spacial score (nSPS) is 9.84. The van der Waals surface area contributed by atoms with Gasteiger partial charge in [-0.1, -0.05) is 12.5 Å². The molecule has 0 rings (SSSR count). The Hall–Kier alpha value is -1.56. The molecule has 19 heavy (non-hydrogen) atoms. The molecule has 0 saturated heterocycles. The summed E-state index contributed by atoms with van der Waals surface area (Å²) in [5, 5.41) is 11.6. The number of rotatable bonds is 9. The molecule has 0 heterocycles. The Morgan fingerprint density at radius 3 is 2.58 bits per heavy atom. The lowest BCUT2D eigenvalue weighted by Gasteiger charge is -2.22. The molecule has 0 bridgehead atoms. The minimum absolute atomic E-state index is 0.0889. The number of aliphatic hydroxyl groups excluding tert-OH is 1. The molecule has 0 aliphatic heterocycles. The van der Waals surface area contributed by atoms with Crippen LogP contribution in [0.3, 0.4) is 0 Å². The van der Waals surface area contributed by atoms with Crippen LogP contribution in [0.1, 0.15) is 26.7 Å². The van der Waals surface area contributed by atoms with E-state index < -0.39 is 0 Å². The van der Waals surface area contributed by atoms with Crippen molar-refractivity contribution in [2.75, 3.05) is 32.8 Å². The van der Waals surface area contributed by atoms with Crippen molar-refractivity contribution in [2.45, 2.75) is 26.7 Å². The van der Waals surface area contributed by atoms with Crippen molar-refractivity contribution in [1.82, 2.24) is 10.2 Å². The number of nitrogens with one attached hydrogen (secondary N) is 1. The minimum Gasteiger partial charge on any atom is -0.464 e. The summed E-state index contributed by atoms with van der Waals surface area (Å²) in [7, 11) is 0. The number of nitrogens with zero attached hydrogens (tertiary/aromatic N) is 1. The minimum atomic E-state index is -0.288. The molecule has 0 radical (unpaired) electrons. The standard InChI is InChI=1S/C13H24N2O4/c1-4-12(17)19-10-6-14-13(18)15(8-9-16)7-5-11(2)3/h16H,2,4-10H2,1,3H3,(H,14,18). The van der Waals surface area contributed by atoms with E-state index in [0.717, 1.165) is 5.57 Å². The van der Waals surface area contributed by atoms with Crippen LogP contribution in [0, 0.1) is 0 Å². The Kier molecular flexibility index (Phi) is 9.52. The van der Waals surface area contributed by atoms with Gasteiger partial charge in [0.05, 0.1) is 13.2 Å². The monoisotopic (exact) mass is 272 g/mol. The predicted octanol–water partition coefficient (Wildman–Crippen LogP) is 0.910. The molecule has 0 spiro atoms. The topological polar surface area (TPSA) is 78.9 Å². The number of ether oxygens (including phenoxy) is 1. The van der Waals surface area contributed by atoms with Crippen molar-refractivity contribution in [3.8, 4) is 0 Å². The quantitative estimate of drug-likeness (QED) is 0.371. The van der Waals surface area contributed by atoms with E-state index in [2.05, 4.69) is 11.9 Å². The van der Waals surface area contributed by atoms with Crippen molar-refractivity contribution >= 4 is 12.0 Å². The maximum absolute atomic E-state index is 11.8. The van der Waals surface area contributed by atoms with Crippen LogP contribution >= 0.6 is 0 Å². The molecule has 0 unspecified atom stereocenters. The molecule has 0 aliphatic rings. The summed E-state index contributed by atoms with van der Waals surface area (Å²) >= 11 is 0. The number of carbonyl (C=O) groups is 2. The van der Waals surface area contributed by atoms with Crippen molar-refractivity contribution in [1.29, 1.82) is 0 Å². The number of urea groups is 1. The first-order valence-corrected chi connectivity index (χ1v) is 6.44. The molecule has 0 aromatic carbocycles. The van der Waals surface area contributed by atoms with Gasteiger partial charge < -0.3 is 20.1 Å². The highest BCUT2D eigenvalue weighted by Gasteiger charge is 2.12. The Bertz CT molecular complexity index is 305. The highest BCUT2D eigenvalue weighted by molar-refractivity contribution is 5.74. The van der Waals surface area contributed by atoms with Gasteiger partial charge in [-0.05, 0) is 13.3 Å². The van der Waals surface area contributed by atoms with Gasteiger partial charge in [0.2, 0.25) is 0 Å². The summed E-state index contributed by atoms with van der Waals surface area (Å²) in [5.41, 5.74) is 0.979. The van der Waals surface area contributed by atoms with Gasteiger partial charge in [0.15, 0.2) is 0 Å². The van der Waals surface area contributed by atoms with E-state index in [1.165, 1.54) is 4.90 Å². The van der Waals surface area contributed by atoms with Gasteiger partial charge in [-0.25, -0.2) is 4.79 Å². The predicted molar refractivity (Wildman–Crippen MR) is 72.7 cm³/mol. The average molecular weight is 272 g/mol. The van der Waals surface area contributed by atoms with Crippen LogP contribution in [0.15, 0.2) is 12.2 Å². The van der Waals surface area contributed by atoms with Crippen LogP contribution in [-0.4, -0.2) is 54.9 Å². The molecular weight excluding hydrogens is 248 g/mol. The summed E-state index contributed by atoms with van der Waals surface area (Å²) < 4.78 is 4.84. The second-order valence-electron chi connectivity index (χ2n) is 4.22. The lowest BCUT2D eigenvalue weighted by molar-refractivity contribution is -0.143. The van der Waals surface area contributed by atoms with Crippen molar-refractivity contribution in [3.05, 3.63) is 12.2 Å². The Morgan fingerprint density at radius 2 is 2.05 bits per heavy atom. The molecule has 0 saturated carbocycles. The second-order valence-corrected chi connectivity index (χ2v) is 4.22.